The van der Waals surface area contributed by atoms with Gasteiger partial charge in [-0.1, -0.05) is 10.5 Å². The molecule has 0 bridgehead atoms. The van der Waals surface area contributed by atoms with Crippen LogP contribution in [0.15, 0.2) is 22.6 Å². The van der Waals surface area contributed by atoms with Crippen molar-refractivity contribution < 1.29 is 27.2 Å². The molecule has 0 aromatic heterocycles. The Morgan fingerprint density at radius 1 is 1.20 bits per heavy atom. The SMILES string of the molecule is CO[C@H]1CC[C@@]2(CC1)Cc1ccc(OCCC(F)(F)F)cc1C2=N[S+]([O-])C(C)(C)C. The number of halogens is 3. The summed E-state index contributed by atoms with van der Waals surface area (Å²) in [6, 6.07) is 5.39. The van der Waals surface area contributed by atoms with Crippen molar-refractivity contribution in [3.63, 3.8) is 0 Å². The van der Waals surface area contributed by atoms with E-state index in [1.165, 1.54) is 0 Å². The third-order valence-corrected chi connectivity index (χ3v) is 7.34. The quantitative estimate of drug-likeness (QED) is 0.570. The van der Waals surface area contributed by atoms with Gasteiger partial charge in [0.25, 0.3) is 0 Å². The fraction of sp³-hybridized carbons (Fsp3) is 0.682. The predicted molar refractivity (Wildman–Crippen MR) is 112 cm³/mol. The summed E-state index contributed by atoms with van der Waals surface area (Å²) in [4.78, 5) is 0. The van der Waals surface area contributed by atoms with Crippen molar-refractivity contribution in [3.8, 4) is 5.75 Å². The number of methoxy groups -OCH3 is 1. The Bertz CT molecular complexity index is 781. The monoisotopic (exact) mass is 445 g/mol. The standard InChI is InChI=1S/C22H30F3NO3S/c1-20(2,3)30(27)26-19-18-13-17(29-12-11-22(23,24)25)6-5-15(18)14-21(19)9-7-16(28-4)8-10-21/h5-6,13,16H,7-12,14H2,1-4H3/t16-,21+,30?. The zero-order chi connectivity index (χ0) is 22.2. The van der Waals surface area contributed by atoms with Gasteiger partial charge in [0.1, 0.15) is 27.6 Å². The minimum Gasteiger partial charge on any atom is -0.591 e. The van der Waals surface area contributed by atoms with Crippen LogP contribution in [0, 0.1) is 5.41 Å². The van der Waals surface area contributed by atoms with Crippen molar-refractivity contribution in [3.05, 3.63) is 29.3 Å². The molecule has 1 saturated carbocycles. The summed E-state index contributed by atoms with van der Waals surface area (Å²) in [5.41, 5.74) is 2.54. The van der Waals surface area contributed by atoms with Crippen LogP contribution in [0.4, 0.5) is 13.2 Å². The molecule has 1 aromatic rings. The zero-order valence-electron chi connectivity index (χ0n) is 18.0. The summed E-state index contributed by atoms with van der Waals surface area (Å²) in [6.45, 7) is 5.22. The molecule has 0 N–H and O–H groups in total. The van der Waals surface area contributed by atoms with E-state index in [4.69, 9.17) is 9.47 Å². The van der Waals surface area contributed by atoms with Gasteiger partial charge in [-0.05, 0) is 70.6 Å². The van der Waals surface area contributed by atoms with E-state index in [-0.39, 0.29) is 11.5 Å². The van der Waals surface area contributed by atoms with Gasteiger partial charge in [0.2, 0.25) is 0 Å². The molecule has 2 aliphatic rings. The van der Waals surface area contributed by atoms with Crippen LogP contribution in [0.3, 0.4) is 0 Å². The smallest absolute Gasteiger partial charge is 0.392 e. The number of benzene rings is 1. The lowest BCUT2D eigenvalue weighted by atomic mass is 9.70. The average Bonchev–Trinajstić information content (AvgIpc) is 2.93. The van der Waals surface area contributed by atoms with Crippen molar-refractivity contribution in [2.24, 2.45) is 9.81 Å². The van der Waals surface area contributed by atoms with Crippen molar-refractivity contribution in [1.82, 2.24) is 0 Å². The van der Waals surface area contributed by atoms with Gasteiger partial charge in [-0.3, -0.25) is 0 Å². The number of hydrogen-bond donors (Lipinski definition) is 0. The van der Waals surface area contributed by atoms with Gasteiger partial charge in [0.05, 0.1) is 19.1 Å². The second kappa shape index (κ2) is 8.71. The first kappa shape index (κ1) is 23.4. The van der Waals surface area contributed by atoms with Crippen LogP contribution in [0.2, 0.25) is 0 Å². The Kier molecular flexibility index (Phi) is 6.80. The minimum atomic E-state index is -4.25. The number of hydrogen-bond acceptors (Lipinski definition) is 4. The van der Waals surface area contributed by atoms with Gasteiger partial charge < -0.3 is 14.0 Å². The van der Waals surface area contributed by atoms with E-state index >= 15 is 0 Å². The summed E-state index contributed by atoms with van der Waals surface area (Å²) >= 11 is -1.43. The van der Waals surface area contributed by atoms with Crippen molar-refractivity contribution >= 4 is 17.1 Å². The first-order valence-electron chi connectivity index (χ1n) is 10.3. The summed E-state index contributed by atoms with van der Waals surface area (Å²) in [6.07, 6.45) is -0.675. The van der Waals surface area contributed by atoms with Crippen LogP contribution in [0.1, 0.15) is 64.0 Å². The molecule has 30 heavy (non-hydrogen) atoms. The highest BCUT2D eigenvalue weighted by atomic mass is 32.2. The minimum absolute atomic E-state index is 0.205. The summed E-state index contributed by atoms with van der Waals surface area (Å²) in [5.74, 6) is 0.384. The highest BCUT2D eigenvalue weighted by molar-refractivity contribution is 7.91. The molecule has 2 aliphatic carbocycles. The lowest BCUT2D eigenvalue weighted by Gasteiger charge is -2.37. The van der Waals surface area contributed by atoms with Crippen molar-refractivity contribution in [1.29, 1.82) is 0 Å². The van der Waals surface area contributed by atoms with Crippen molar-refractivity contribution in [2.75, 3.05) is 13.7 Å². The number of fused-ring (bicyclic) bond motifs is 1. The average molecular weight is 446 g/mol. The molecular formula is C22H30F3NO3S. The Hall–Kier alpha value is -1.25. The molecule has 0 saturated heterocycles. The van der Waals surface area contributed by atoms with Gasteiger partial charge in [-0.2, -0.15) is 13.2 Å². The van der Waals surface area contributed by atoms with E-state index in [1.54, 1.807) is 19.2 Å². The summed E-state index contributed by atoms with van der Waals surface area (Å²) < 4.78 is 65.3. The largest absolute Gasteiger partial charge is 0.591 e. The molecule has 0 amide bonds. The fourth-order valence-electron chi connectivity index (χ4n) is 4.20. The molecule has 0 radical (unpaired) electrons. The van der Waals surface area contributed by atoms with E-state index in [2.05, 4.69) is 4.40 Å². The van der Waals surface area contributed by atoms with Crippen LogP contribution in [0.25, 0.3) is 0 Å². The summed E-state index contributed by atoms with van der Waals surface area (Å²) in [7, 11) is 1.72. The van der Waals surface area contributed by atoms with Crippen LogP contribution >= 0.6 is 0 Å². The molecule has 1 fully saturated rings. The first-order valence-corrected chi connectivity index (χ1v) is 11.4. The Morgan fingerprint density at radius 3 is 2.43 bits per heavy atom. The number of nitrogens with zero attached hydrogens (tertiary/aromatic N) is 1. The highest BCUT2D eigenvalue weighted by Gasteiger charge is 2.48. The molecule has 0 aliphatic heterocycles. The molecular weight excluding hydrogens is 415 g/mol. The molecule has 8 heteroatoms. The second-order valence-electron chi connectivity index (χ2n) is 9.23. The molecule has 3 rings (SSSR count). The maximum Gasteiger partial charge on any atom is 0.392 e. The van der Waals surface area contributed by atoms with E-state index in [9.17, 15) is 17.7 Å². The fourth-order valence-corrected chi connectivity index (χ4v) is 4.93. The lowest BCUT2D eigenvalue weighted by molar-refractivity contribution is -0.139. The Balaban J connectivity index is 1.91. The van der Waals surface area contributed by atoms with Crippen LogP contribution in [0.5, 0.6) is 5.75 Å². The van der Waals surface area contributed by atoms with Crippen molar-refractivity contribution in [2.45, 2.75) is 76.3 Å². The number of alkyl halides is 3. The van der Waals surface area contributed by atoms with Gasteiger partial charge in [0.15, 0.2) is 0 Å². The van der Waals surface area contributed by atoms with Gasteiger partial charge in [-0.25, -0.2) is 0 Å². The Labute approximate surface area is 179 Å². The summed E-state index contributed by atoms with van der Waals surface area (Å²) in [5, 5.41) is 0. The maximum absolute atomic E-state index is 12.9. The van der Waals surface area contributed by atoms with E-state index in [1.807, 2.05) is 26.8 Å². The van der Waals surface area contributed by atoms with E-state index in [0.717, 1.165) is 48.9 Å². The maximum atomic E-state index is 12.9. The molecule has 0 heterocycles. The van der Waals surface area contributed by atoms with Crippen LogP contribution in [-0.4, -0.2) is 41.0 Å². The molecule has 4 nitrogen and oxygen atoms in total. The first-order chi connectivity index (χ1) is 13.9. The van der Waals surface area contributed by atoms with Crippen LogP contribution < -0.4 is 4.74 Å². The molecule has 168 valence electrons. The number of ether oxygens (including phenoxy) is 2. The van der Waals surface area contributed by atoms with E-state index in [0.29, 0.717) is 5.75 Å². The second-order valence-corrected chi connectivity index (χ2v) is 11.1. The topological polar surface area (TPSA) is 53.9 Å². The van der Waals surface area contributed by atoms with Gasteiger partial charge >= 0.3 is 6.18 Å². The highest BCUT2D eigenvalue weighted by Crippen LogP contribution is 2.49. The predicted octanol–water partition coefficient (Wildman–Crippen LogP) is 5.40. The van der Waals surface area contributed by atoms with Gasteiger partial charge in [-0.15, -0.1) is 0 Å². The van der Waals surface area contributed by atoms with E-state index < -0.39 is 35.3 Å². The molecule has 1 atom stereocenters. The zero-order valence-corrected chi connectivity index (χ0v) is 18.8. The normalized spacial score (nSPS) is 26.8. The molecule has 1 unspecified atom stereocenters. The van der Waals surface area contributed by atoms with Gasteiger partial charge in [0, 0.05) is 18.1 Å². The Morgan fingerprint density at radius 2 is 1.87 bits per heavy atom. The third kappa shape index (κ3) is 5.32. The lowest BCUT2D eigenvalue weighted by Crippen LogP contribution is -2.37. The molecule has 1 aromatic carbocycles. The third-order valence-electron chi connectivity index (χ3n) is 5.94. The molecule has 1 spiro atoms. The number of rotatable bonds is 5. The van der Waals surface area contributed by atoms with Crippen LogP contribution in [-0.2, 0) is 22.5 Å².